The summed E-state index contributed by atoms with van der Waals surface area (Å²) in [4.78, 5) is 9.06. The van der Waals surface area contributed by atoms with E-state index in [4.69, 9.17) is 0 Å². The van der Waals surface area contributed by atoms with E-state index in [1.54, 1.807) is 23.5 Å². The van der Waals surface area contributed by atoms with Crippen molar-refractivity contribution in [2.45, 2.75) is 75.5 Å². The van der Waals surface area contributed by atoms with Crippen LogP contribution in [0.1, 0.15) is 64.0 Å². The van der Waals surface area contributed by atoms with Crippen molar-refractivity contribution in [1.82, 2.24) is 30.4 Å². The molecule has 6 nitrogen and oxygen atoms in total. The van der Waals surface area contributed by atoms with Crippen LogP contribution < -0.4 is 0 Å². The molecule has 2 aromatic heterocycles. The van der Waals surface area contributed by atoms with Crippen molar-refractivity contribution in [2.75, 3.05) is 11.5 Å². The van der Waals surface area contributed by atoms with Crippen LogP contribution in [0.15, 0.2) is 10.3 Å². The molecule has 0 saturated heterocycles. The Morgan fingerprint density at radius 1 is 0.708 bits per heavy atom. The van der Waals surface area contributed by atoms with Crippen molar-refractivity contribution in [3.8, 4) is 0 Å². The lowest BCUT2D eigenvalue weighted by Crippen LogP contribution is -1.93. The molecule has 0 amide bonds. The van der Waals surface area contributed by atoms with Crippen LogP contribution in [0.5, 0.6) is 0 Å². The predicted octanol–water partition coefficient (Wildman–Crippen LogP) is 4.27. The Hall–Kier alpha value is -1.02. The average molecular weight is 369 g/mol. The minimum Gasteiger partial charge on any atom is -0.254 e. The Kier molecular flexibility index (Phi) is 9.27. The number of nitrogens with one attached hydrogen (secondary N) is 2. The van der Waals surface area contributed by atoms with Crippen LogP contribution in [0.2, 0.25) is 0 Å². The van der Waals surface area contributed by atoms with Gasteiger partial charge < -0.3 is 0 Å². The Bertz CT molecular complexity index is 518. The van der Waals surface area contributed by atoms with Crippen molar-refractivity contribution in [3.05, 3.63) is 11.6 Å². The van der Waals surface area contributed by atoms with Gasteiger partial charge in [0.2, 0.25) is 0 Å². The lowest BCUT2D eigenvalue weighted by Gasteiger charge is -1.96. The summed E-state index contributed by atoms with van der Waals surface area (Å²) in [5, 5.41) is 16.5. The average Bonchev–Trinajstić information content (AvgIpc) is 3.22. The smallest absolute Gasteiger partial charge is 0.183 e. The van der Waals surface area contributed by atoms with Gasteiger partial charge in [-0.1, -0.05) is 50.2 Å². The van der Waals surface area contributed by atoms with Crippen LogP contribution in [0.4, 0.5) is 0 Å². The van der Waals surface area contributed by atoms with Gasteiger partial charge in [-0.25, -0.2) is 9.97 Å². The summed E-state index contributed by atoms with van der Waals surface area (Å²) in [6, 6.07) is 0. The van der Waals surface area contributed by atoms with E-state index in [0.29, 0.717) is 0 Å². The molecule has 24 heavy (non-hydrogen) atoms. The van der Waals surface area contributed by atoms with Crippen molar-refractivity contribution in [3.63, 3.8) is 0 Å². The highest BCUT2D eigenvalue weighted by atomic mass is 32.2. The summed E-state index contributed by atoms with van der Waals surface area (Å²) < 4.78 is 0. The lowest BCUT2D eigenvalue weighted by atomic mass is 10.2. The van der Waals surface area contributed by atoms with Crippen LogP contribution in [0.25, 0.3) is 0 Å². The number of hydrogen-bond donors (Lipinski definition) is 2. The third-order valence-electron chi connectivity index (χ3n) is 3.55. The number of H-pyrrole nitrogens is 2. The molecule has 2 aromatic rings. The fourth-order valence-electron chi connectivity index (χ4n) is 2.10. The normalized spacial score (nSPS) is 11.2. The summed E-state index contributed by atoms with van der Waals surface area (Å²) >= 11 is 3.51. The van der Waals surface area contributed by atoms with Crippen LogP contribution >= 0.6 is 23.5 Å². The molecule has 0 radical (unpaired) electrons. The van der Waals surface area contributed by atoms with Gasteiger partial charge in [-0.2, -0.15) is 10.2 Å². The molecule has 0 atom stereocenters. The number of rotatable bonds is 13. The van der Waals surface area contributed by atoms with Crippen LogP contribution in [-0.4, -0.2) is 41.9 Å². The van der Waals surface area contributed by atoms with Gasteiger partial charge in [-0.05, 0) is 25.7 Å². The summed E-state index contributed by atoms with van der Waals surface area (Å²) in [5.41, 5.74) is 0. The molecule has 0 spiro atoms. The second-order valence-corrected chi connectivity index (χ2v) is 7.89. The summed E-state index contributed by atoms with van der Waals surface area (Å²) in [6.07, 6.45) is 8.81. The molecule has 2 heterocycles. The van der Waals surface area contributed by atoms with E-state index in [1.807, 2.05) is 0 Å². The monoisotopic (exact) mass is 368 g/mol. The minimum absolute atomic E-state index is 0.910. The van der Waals surface area contributed by atoms with Crippen LogP contribution in [0.3, 0.4) is 0 Å². The zero-order chi connectivity index (χ0) is 17.0. The first-order valence-corrected chi connectivity index (χ1v) is 10.9. The van der Waals surface area contributed by atoms with Gasteiger partial charge in [0.25, 0.3) is 0 Å². The number of aryl methyl sites for hydroxylation is 2. The molecule has 0 aromatic carbocycles. The Balaban J connectivity index is 1.60. The van der Waals surface area contributed by atoms with E-state index >= 15 is 0 Å². The molecule has 0 fully saturated rings. The van der Waals surface area contributed by atoms with Gasteiger partial charge in [0, 0.05) is 24.3 Å². The predicted molar refractivity (Wildman–Crippen MR) is 101 cm³/mol. The molecule has 0 bridgehead atoms. The third kappa shape index (κ3) is 7.25. The van der Waals surface area contributed by atoms with E-state index in [-0.39, 0.29) is 0 Å². The van der Waals surface area contributed by atoms with Crippen molar-refractivity contribution in [2.24, 2.45) is 0 Å². The van der Waals surface area contributed by atoms with E-state index in [9.17, 15) is 0 Å². The molecule has 0 saturated carbocycles. The van der Waals surface area contributed by atoms with Crippen LogP contribution in [0, 0.1) is 0 Å². The maximum atomic E-state index is 4.53. The van der Waals surface area contributed by atoms with Gasteiger partial charge in [-0.15, -0.1) is 0 Å². The minimum atomic E-state index is 0.910. The molecule has 0 aliphatic carbocycles. The first-order chi connectivity index (χ1) is 11.8. The second kappa shape index (κ2) is 11.5. The quantitative estimate of drug-likeness (QED) is 0.406. The number of aromatic amines is 2. The second-order valence-electron chi connectivity index (χ2n) is 5.72. The number of unbranched alkanes of at least 4 members (excludes halogenated alkanes) is 3. The van der Waals surface area contributed by atoms with Gasteiger partial charge in [0.1, 0.15) is 0 Å². The maximum Gasteiger partial charge on any atom is 0.183 e. The van der Waals surface area contributed by atoms with Crippen molar-refractivity contribution < 1.29 is 0 Å². The zero-order valence-corrected chi connectivity index (χ0v) is 16.3. The van der Waals surface area contributed by atoms with Gasteiger partial charge in [0.15, 0.2) is 22.0 Å². The first-order valence-electron chi connectivity index (χ1n) is 8.90. The van der Waals surface area contributed by atoms with Gasteiger partial charge >= 0.3 is 0 Å². The highest BCUT2D eigenvalue weighted by Gasteiger charge is 2.06. The number of thioether (sulfide) groups is 2. The zero-order valence-electron chi connectivity index (χ0n) is 14.7. The number of aromatic nitrogens is 6. The van der Waals surface area contributed by atoms with Gasteiger partial charge in [-0.3, -0.25) is 10.2 Å². The maximum absolute atomic E-state index is 4.53. The molecular weight excluding hydrogens is 340 g/mol. The topological polar surface area (TPSA) is 83.1 Å². The molecule has 0 aliphatic heterocycles. The molecule has 0 unspecified atom stereocenters. The first kappa shape index (κ1) is 19.3. The molecule has 0 aliphatic rings. The lowest BCUT2D eigenvalue weighted by molar-refractivity contribution is 0.689. The van der Waals surface area contributed by atoms with E-state index in [1.165, 1.54) is 25.7 Å². The summed E-state index contributed by atoms with van der Waals surface area (Å²) in [5.74, 6) is 4.04. The molecule has 134 valence electrons. The SMILES string of the molecule is CCCCSc1nc(CCCCc2n[nH]c(SCCCC)n2)n[nH]1. The molecule has 2 rings (SSSR count). The fourth-order valence-corrected chi connectivity index (χ4v) is 3.92. The molecule has 2 N–H and O–H groups in total. The Morgan fingerprint density at radius 2 is 1.17 bits per heavy atom. The fraction of sp³-hybridized carbons (Fsp3) is 0.750. The van der Waals surface area contributed by atoms with Crippen molar-refractivity contribution in [1.29, 1.82) is 0 Å². The Labute approximate surface area is 152 Å². The molecule has 8 heteroatoms. The van der Waals surface area contributed by atoms with Crippen LogP contribution in [-0.2, 0) is 12.8 Å². The van der Waals surface area contributed by atoms with Gasteiger partial charge in [0.05, 0.1) is 0 Å². The molecular formula is C16H28N6S2. The number of nitrogens with zero attached hydrogens (tertiary/aromatic N) is 4. The highest BCUT2D eigenvalue weighted by Crippen LogP contribution is 2.16. The van der Waals surface area contributed by atoms with E-state index in [2.05, 4.69) is 44.2 Å². The largest absolute Gasteiger partial charge is 0.254 e. The Morgan fingerprint density at radius 3 is 1.58 bits per heavy atom. The third-order valence-corrected chi connectivity index (χ3v) is 5.44. The standard InChI is InChI=1S/C16H28N6S2/c1-3-5-11-23-15-17-13(19-21-15)9-7-8-10-14-18-16(22-20-14)24-12-6-4-2/h3-12H2,1-2H3,(H,17,19,21)(H,18,20,22). The highest BCUT2D eigenvalue weighted by molar-refractivity contribution is 7.99. The van der Waals surface area contributed by atoms with Crippen molar-refractivity contribution >= 4 is 23.5 Å². The summed E-state index contributed by atoms with van der Waals surface area (Å²) in [7, 11) is 0. The summed E-state index contributed by atoms with van der Waals surface area (Å²) in [6.45, 7) is 4.40. The number of hydrogen-bond acceptors (Lipinski definition) is 6. The van der Waals surface area contributed by atoms with E-state index in [0.717, 1.165) is 59.2 Å². The van der Waals surface area contributed by atoms with E-state index < -0.39 is 0 Å².